The molecule has 0 aliphatic rings. The summed E-state index contributed by atoms with van der Waals surface area (Å²) in [6, 6.07) is 16.2. The van der Waals surface area contributed by atoms with Crippen molar-refractivity contribution in [3.05, 3.63) is 65.4 Å². The Bertz CT molecular complexity index is 1040. The van der Waals surface area contributed by atoms with Gasteiger partial charge in [-0.05, 0) is 23.8 Å². The van der Waals surface area contributed by atoms with Crippen LogP contribution >= 0.6 is 11.3 Å². The topological polar surface area (TPSA) is 75.6 Å². The Kier molecular flexibility index (Phi) is 4.93. The Balaban J connectivity index is 1.58. The number of nitrogens with zero attached hydrogens (tertiary/aromatic N) is 4. The molecule has 2 aromatic heterocycles. The van der Waals surface area contributed by atoms with Crippen LogP contribution in [0.5, 0.6) is 0 Å². The summed E-state index contributed by atoms with van der Waals surface area (Å²) in [6.07, 6.45) is 0. The molecule has 0 aliphatic heterocycles. The maximum Gasteiger partial charge on any atom is 0.232 e. The lowest BCUT2D eigenvalue weighted by Gasteiger charge is -2.12. The van der Waals surface area contributed by atoms with E-state index in [0.717, 1.165) is 21.7 Å². The van der Waals surface area contributed by atoms with E-state index < -0.39 is 0 Å². The van der Waals surface area contributed by atoms with E-state index in [4.69, 9.17) is 0 Å². The van der Waals surface area contributed by atoms with Crippen molar-refractivity contribution in [2.45, 2.75) is 26.3 Å². The summed E-state index contributed by atoms with van der Waals surface area (Å²) in [6.45, 7) is 4.81. The summed E-state index contributed by atoms with van der Waals surface area (Å²) >= 11 is 1.61. The highest BCUT2D eigenvalue weighted by Gasteiger charge is 2.10. The summed E-state index contributed by atoms with van der Waals surface area (Å²) in [5.41, 5.74) is 4.95. The van der Waals surface area contributed by atoms with Crippen LogP contribution in [0.15, 0.2) is 54.0 Å². The molecule has 0 saturated heterocycles. The van der Waals surface area contributed by atoms with E-state index in [0.29, 0.717) is 18.4 Å². The first-order chi connectivity index (χ1) is 13.2. The van der Waals surface area contributed by atoms with Gasteiger partial charge >= 0.3 is 0 Å². The van der Waals surface area contributed by atoms with Crippen molar-refractivity contribution in [1.29, 1.82) is 0 Å². The van der Waals surface area contributed by atoms with Crippen LogP contribution in [-0.4, -0.2) is 19.9 Å². The van der Waals surface area contributed by atoms with Crippen LogP contribution in [0.1, 0.15) is 31.2 Å². The number of fused-ring (bicyclic) bond motifs is 1. The zero-order valence-corrected chi connectivity index (χ0v) is 16.0. The highest BCUT2D eigenvalue weighted by Crippen LogP contribution is 2.24. The fraction of sp³-hybridized carbons (Fsp3) is 0.200. The van der Waals surface area contributed by atoms with Crippen molar-refractivity contribution >= 4 is 39.1 Å². The predicted molar refractivity (Wildman–Crippen MR) is 111 cm³/mol. The van der Waals surface area contributed by atoms with Crippen LogP contribution in [-0.2, 0) is 6.54 Å². The first-order valence-electron chi connectivity index (χ1n) is 8.81. The second kappa shape index (κ2) is 7.67. The molecule has 7 heteroatoms. The number of nitrogens with one attached hydrogen (secondary N) is 2. The molecule has 0 radical (unpaired) electrons. The molecule has 0 fully saturated rings. The summed E-state index contributed by atoms with van der Waals surface area (Å²) in [4.78, 5) is 18.0. The Morgan fingerprint density at radius 2 is 1.78 bits per heavy atom. The average molecular weight is 376 g/mol. The number of hydrogen-bond donors (Lipinski definition) is 2. The van der Waals surface area contributed by atoms with Gasteiger partial charge in [-0.15, -0.1) is 11.3 Å². The summed E-state index contributed by atoms with van der Waals surface area (Å²) in [5, 5.41) is 6.59. The number of hydrogen-bond acceptors (Lipinski definition) is 7. The Morgan fingerprint density at radius 1 is 0.963 bits per heavy atom. The molecule has 0 unspecified atom stereocenters. The monoisotopic (exact) mass is 376 g/mol. The lowest BCUT2D eigenvalue weighted by molar-refractivity contribution is 0.763. The van der Waals surface area contributed by atoms with Gasteiger partial charge in [0.05, 0.1) is 15.7 Å². The van der Waals surface area contributed by atoms with Gasteiger partial charge in [-0.2, -0.15) is 15.0 Å². The van der Waals surface area contributed by atoms with E-state index in [9.17, 15) is 0 Å². The molecule has 27 heavy (non-hydrogen) atoms. The summed E-state index contributed by atoms with van der Waals surface area (Å²) in [5.74, 6) is 2.06. The molecule has 4 rings (SSSR count). The Labute approximate surface area is 161 Å². The molecule has 2 heterocycles. The maximum atomic E-state index is 4.57. The van der Waals surface area contributed by atoms with Crippen molar-refractivity contribution in [1.82, 2.24) is 19.9 Å². The average Bonchev–Trinajstić information content (AvgIpc) is 3.15. The molecule has 2 aromatic carbocycles. The van der Waals surface area contributed by atoms with Gasteiger partial charge in [0, 0.05) is 18.2 Å². The third-order valence-electron chi connectivity index (χ3n) is 4.05. The van der Waals surface area contributed by atoms with Gasteiger partial charge in [0.25, 0.3) is 0 Å². The number of benzene rings is 2. The molecule has 0 saturated carbocycles. The lowest BCUT2D eigenvalue weighted by atomic mass is 10.2. The van der Waals surface area contributed by atoms with E-state index in [1.807, 2.05) is 35.8 Å². The van der Waals surface area contributed by atoms with Crippen molar-refractivity contribution in [2.24, 2.45) is 0 Å². The summed E-state index contributed by atoms with van der Waals surface area (Å²) in [7, 11) is 0. The van der Waals surface area contributed by atoms with Crippen LogP contribution in [0.25, 0.3) is 10.2 Å². The highest BCUT2D eigenvalue weighted by atomic mass is 32.1. The van der Waals surface area contributed by atoms with Crippen LogP contribution in [0, 0.1) is 0 Å². The second-order valence-corrected chi connectivity index (χ2v) is 7.38. The van der Waals surface area contributed by atoms with Crippen molar-refractivity contribution in [3.8, 4) is 0 Å². The van der Waals surface area contributed by atoms with Gasteiger partial charge in [-0.25, -0.2) is 4.98 Å². The smallest absolute Gasteiger partial charge is 0.232 e. The molecule has 0 atom stereocenters. The van der Waals surface area contributed by atoms with Crippen molar-refractivity contribution in [3.63, 3.8) is 0 Å². The van der Waals surface area contributed by atoms with Gasteiger partial charge in [-0.1, -0.05) is 44.2 Å². The fourth-order valence-electron chi connectivity index (χ4n) is 2.62. The first kappa shape index (κ1) is 17.4. The quantitative estimate of drug-likeness (QED) is 0.495. The minimum atomic E-state index is 0.204. The number of anilines is 3. The van der Waals surface area contributed by atoms with E-state index in [2.05, 4.69) is 62.6 Å². The summed E-state index contributed by atoms with van der Waals surface area (Å²) < 4.78 is 1.13. The lowest BCUT2D eigenvalue weighted by Crippen LogP contribution is -2.10. The molecule has 0 amide bonds. The minimum Gasteiger partial charge on any atom is -0.350 e. The fourth-order valence-corrected chi connectivity index (χ4v) is 3.34. The van der Waals surface area contributed by atoms with Gasteiger partial charge < -0.3 is 10.6 Å². The number of thiazole rings is 1. The van der Waals surface area contributed by atoms with Gasteiger partial charge in [0.15, 0.2) is 0 Å². The number of aromatic nitrogens is 4. The van der Waals surface area contributed by atoms with Crippen LogP contribution < -0.4 is 10.6 Å². The van der Waals surface area contributed by atoms with E-state index >= 15 is 0 Å². The van der Waals surface area contributed by atoms with Gasteiger partial charge in [0.1, 0.15) is 5.82 Å². The third-order valence-corrected chi connectivity index (χ3v) is 4.84. The highest BCUT2D eigenvalue weighted by molar-refractivity contribution is 7.16. The standard InChI is InChI=1S/C20H20N6S/c1-13(2)18-24-19(21-11-14-6-4-3-5-7-14)26-20(25-18)23-15-8-9-16-17(10-15)27-12-22-16/h3-10,12-13H,11H2,1-2H3,(H2,21,23,24,25,26). The second-order valence-electron chi connectivity index (χ2n) is 6.49. The van der Waals surface area contributed by atoms with Crippen LogP contribution in [0.4, 0.5) is 17.6 Å². The van der Waals surface area contributed by atoms with Crippen molar-refractivity contribution in [2.75, 3.05) is 10.6 Å². The van der Waals surface area contributed by atoms with E-state index in [1.54, 1.807) is 11.3 Å². The molecule has 0 bridgehead atoms. The molecule has 4 aromatic rings. The SMILES string of the molecule is CC(C)c1nc(NCc2ccccc2)nc(Nc2ccc3ncsc3c2)n1. The predicted octanol–water partition coefficient (Wildman–Crippen LogP) is 4.96. The van der Waals surface area contributed by atoms with Gasteiger partial charge in [0.2, 0.25) is 11.9 Å². The molecular formula is C20H20N6S. The van der Waals surface area contributed by atoms with E-state index in [-0.39, 0.29) is 5.92 Å². The zero-order valence-electron chi connectivity index (χ0n) is 15.2. The Morgan fingerprint density at radius 3 is 2.59 bits per heavy atom. The normalized spacial score (nSPS) is 11.1. The van der Waals surface area contributed by atoms with Crippen LogP contribution in [0.2, 0.25) is 0 Å². The molecule has 0 aliphatic carbocycles. The molecule has 0 spiro atoms. The zero-order chi connectivity index (χ0) is 18.6. The molecule has 2 N–H and O–H groups in total. The van der Waals surface area contributed by atoms with E-state index in [1.165, 1.54) is 5.56 Å². The largest absolute Gasteiger partial charge is 0.350 e. The van der Waals surface area contributed by atoms with Gasteiger partial charge in [-0.3, -0.25) is 0 Å². The molecule has 6 nitrogen and oxygen atoms in total. The van der Waals surface area contributed by atoms with Crippen LogP contribution in [0.3, 0.4) is 0 Å². The minimum absolute atomic E-state index is 0.204. The third kappa shape index (κ3) is 4.20. The van der Waals surface area contributed by atoms with Crippen molar-refractivity contribution < 1.29 is 0 Å². The Hall–Kier alpha value is -3.06. The first-order valence-corrected chi connectivity index (χ1v) is 9.69. The molecular weight excluding hydrogens is 356 g/mol. The maximum absolute atomic E-state index is 4.57. The molecule has 136 valence electrons. The number of rotatable bonds is 6.